The fraction of sp³-hybridized carbons (Fsp3) is 0.562. The monoisotopic (exact) mass is 292 g/mol. The molecule has 1 aliphatic rings. The van der Waals surface area contributed by atoms with Crippen LogP contribution in [0, 0.1) is 5.41 Å². The predicted molar refractivity (Wildman–Crippen MR) is 81.9 cm³/mol. The zero-order valence-corrected chi connectivity index (χ0v) is 13.8. The highest BCUT2D eigenvalue weighted by molar-refractivity contribution is 6.71. The lowest BCUT2D eigenvalue weighted by Crippen LogP contribution is -2.40. The Morgan fingerprint density at radius 3 is 2.60 bits per heavy atom. The van der Waals surface area contributed by atoms with Crippen LogP contribution in [0.4, 0.5) is 0 Å². The Labute approximate surface area is 122 Å². The molecule has 2 atom stereocenters. The van der Waals surface area contributed by atoms with Crippen molar-refractivity contribution in [2.24, 2.45) is 5.41 Å². The van der Waals surface area contributed by atoms with Crippen LogP contribution in [0.2, 0.25) is 19.1 Å². The van der Waals surface area contributed by atoms with Gasteiger partial charge in [0.05, 0.1) is 18.6 Å². The van der Waals surface area contributed by atoms with Crippen LogP contribution in [-0.4, -0.2) is 21.4 Å². The molecule has 0 spiro atoms. The first-order valence-electron chi connectivity index (χ1n) is 7.20. The Morgan fingerprint density at radius 1 is 1.35 bits per heavy atom. The van der Waals surface area contributed by atoms with Crippen molar-refractivity contribution in [1.82, 2.24) is 0 Å². The van der Waals surface area contributed by atoms with Gasteiger partial charge in [-0.05, 0) is 38.0 Å². The summed E-state index contributed by atoms with van der Waals surface area (Å²) < 4.78 is 11.5. The summed E-state index contributed by atoms with van der Waals surface area (Å²) in [7, 11) is -0.280. The molecule has 1 fully saturated rings. The molecule has 4 heteroatoms. The maximum atomic E-state index is 12.3. The third kappa shape index (κ3) is 2.96. The third-order valence-electron chi connectivity index (χ3n) is 4.24. The number of benzene rings is 1. The Morgan fingerprint density at radius 2 is 2.00 bits per heavy atom. The Kier molecular flexibility index (Phi) is 4.35. The molecule has 1 aromatic rings. The maximum absolute atomic E-state index is 12.3. The van der Waals surface area contributed by atoms with Crippen molar-refractivity contribution in [2.75, 3.05) is 7.11 Å². The second kappa shape index (κ2) is 5.70. The van der Waals surface area contributed by atoms with Crippen LogP contribution in [-0.2, 0) is 14.0 Å². The Balaban J connectivity index is 2.45. The van der Waals surface area contributed by atoms with Gasteiger partial charge in [-0.1, -0.05) is 36.8 Å². The fourth-order valence-electron chi connectivity index (χ4n) is 3.03. The molecule has 1 aromatic carbocycles. The van der Waals surface area contributed by atoms with Gasteiger partial charge in [0.1, 0.15) is 0 Å². The molecular weight excluding hydrogens is 268 g/mol. The fourth-order valence-corrected chi connectivity index (χ4v) is 5.21. The minimum atomic E-state index is -1.74. The third-order valence-corrected chi connectivity index (χ3v) is 6.68. The largest absolute Gasteiger partial charge is 0.469 e. The second-order valence-corrected chi connectivity index (χ2v) is 10.7. The van der Waals surface area contributed by atoms with Crippen LogP contribution in [0.5, 0.6) is 0 Å². The zero-order valence-electron chi connectivity index (χ0n) is 12.8. The van der Waals surface area contributed by atoms with Gasteiger partial charge >= 0.3 is 5.97 Å². The van der Waals surface area contributed by atoms with E-state index in [0.717, 1.165) is 24.4 Å². The van der Waals surface area contributed by atoms with Gasteiger partial charge in [0.2, 0.25) is 0 Å². The molecule has 0 aromatic heterocycles. The van der Waals surface area contributed by atoms with Crippen molar-refractivity contribution in [3.8, 4) is 0 Å². The van der Waals surface area contributed by atoms with Gasteiger partial charge in [-0.3, -0.25) is 4.79 Å². The van der Waals surface area contributed by atoms with Crippen molar-refractivity contribution < 1.29 is 14.0 Å². The number of hydrogen-bond donors (Lipinski definition) is 0. The van der Waals surface area contributed by atoms with Crippen LogP contribution < -0.4 is 0 Å². The van der Waals surface area contributed by atoms with E-state index in [0.29, 0.717) is 0 Å². The van der Waals surface area contributed by atoms with E-state index in [1.807, 2.05) is 37.3 Å². The van der Waals surface area contributed by atoms with Crippen molar-refractivity contribution >= 4 is 14.3 Å². The lowest BCUT2D eigenvalue weighted by Gasteiger charge is -2.36. The lowest BCUT2D eigenvalue weighted by molar-refractivity contribution is -0.158. The minimum absolute atomic E-state index is 0.168. The van der Waals surface area contributed by atoms with Gasteiger partial charge in [-0.15, -0.1) is 0 Å². The first-order valence-corrected chi connectivity index (χ1v) is 10.3. The first-order chi connectivity index (χ1) is 9.39. The van der Waals surface area contributed by atoms with Crippen LogP contribution >= 0.6 is 0 Å². The highest BCUT2D eigenvalue weighted by Gasteiger charge is 2.48. The number of hydrogen-bond acceptors (Lipinski definition) is 3. The van der Waals surface area contributed by atoms with E-state index in [-0.39, 0.29) is 12.1 Å². The highest BCUT2D eigenvalue weighted by atomic mass is 28.4. The number of esters is 1. The molecule has 0 saturated carbocycles. The molecule has 1 saturated heterocycles. The summed E-state index contributed by atoms with van der Waals surface area (Å²) in [5.74, 6) is -0.168. The van der Waals surface area contributed by atoms with Crippen LogP contribution in [0.1, 0.15) is 31.4 Å². The molecular formula is C16H24O3Si. The van der Waals surface area contributed by atoms with E-state index in [2.05, 4.69) is 13.1 Å². The topological polar surface area (TPSA) is 35.5 Å². The van der Waals surface area contributed by atoms with Gasteiger partial charge in [-0.2, -0.15) is 0 Å². The van der Waals surface area contributed by atoms with Crippen molar-refractivity contribution in [2.45, 2.75) is 45.0 Å². The highest BCUT2D eigenvalue weighted by Crippen LogP contribution is 2.47. The van der Waals surface area contributed by atoms with Gasteiger partial charge < -0.3 is 9.16 Å². The summed E-state index contributed by atoms with van der Waals surface area (Å²) in [4.78, 5) is 12.3. The molecule has 0 N–H and O–H groups in total. The number of methoxy groups -OCH3 is 1. The average molecular weight is 292 g/mol. The second-order valence-electron chi connectivity index (χ2n) is 6.43. The molecule has 110 valence electrons. The zero-order chi connectivity index (χ0) is 14.8. The van der Waals surface area contributed by atoms with E-state index in [1.54, 1.807) is 0 Å². The van der Waals surface area contributed by atoms with Gasteiger partial charge in [0.25, 0.3) is 0 Å². The van der Waals surface area contributed by atoms with E-state index >= 15 is 0 Å². The van der Waals surface area contributed by atoms with E-state index in [1.165, 1.54) is 7.11 Å². The standard InChI is InChI=1S/C16H24O3Si/c1-16(15(17)18-2)11-8-12-20(3,4)19-14(16)13-9-6-5-7-10-13/h5-7,9-10,14H,8,11-12H2,1-4H3/t14-,16+/m0/s1. The number of carbonyl (C=O) groups excluding carboxylic acids is 1. The SMILES string of the molecule is COC(=O)[C@]1(C)CCC[Si](C)(C)O[C@H]1c1ccccc1. The summed E-state index contributed by atoms with van der Waals surface area (Å²) >= 11 is 0. The minimum Gasteiger partial charge on any atom is -0.469 e. The Bertz CT molecular complexity index is 472. The number of rotatable bonds is 2. The quantitative estimate of drug-likeness (QED) is 0.612. The average Bonchev–Trinajstić information content (AvgIpc) is 2.56. The summed E-state index contributed by atoms with van der Waals surface area (Å²) in [5.41, 5.74) is 0.472. The molecule has 1 heterocycles. The van der Waals surface area contributed by atoms with Crippen molar-refractivity contribution in [1.29, 1.82) is 0 Å². The molecule has 0 amide bonds. The van der Waals surface area contributed by atoms with Gasteiger partial charge in [0, 0.05) is 0 Å². The van der Waals surface area contributed by atoms with E-state index in [4.69, 9.17) is 9.16 Å². The van der Waals surface area contributed by atoms with Crippen LogP contribution in [0.25, 0.3) is 0 Å². The molecule has 0 unspecified atom stereocenters. The molecule has 0 aliphatic carbocycles. The number of ether oxygens (including phenoxy) is 1. The Hall–Kier alpha value is -1.13. The van der Waals surface area contributed by atoms with E-state index in [9.17, 15) is 4.79 Å². The smallest absolute Gasteiger partial charge is 0.314 e. The number of carbonyl (C=O) groups is 1. The lowest BCUT2D eigenvalue weighted by atomic mass is 9.77. The van der Waals surface area contributed by atoms with Crippen LogP contribution in [0.3, 0.4) is 0 Å². The van der Waals surface area contributed by atoms with Gasteiger partial charge in [0.15, 0.2) is 8.32 Å². The van der Waals surface area contributed by atoms with E-state index < -0.39 is 13.7 Å². The molecule has 0 bridgehead atoms. The van der Waals surface area contributed by atoms with Crippen molar-refractivity contribution in [3.05, 3.63) is 35.9 Å². The molecule has 20 heavy (non-hydrogen) atoms. The predicted octanol–water partition coefficient (Wildman–Crippen LogP) is 3.92. The van der Waals surface area contributed by atoms with Gasteiger partial charge in [-0.25, -0.2) is 0 Å². The first kappa shape index (κ1) is 15.3. The summed E-state index contributed by atoms with van der Waals surface area (Å²) in [6, 6.07) is 11.1. The summed E-state index contributed by atoms with van der Waals surface area (Å²) in [6.45, 7) is 6.43. The summed E-state index contributed by atoms with van der Waals surface area (Å²) in [6.07, 6.45) is 1.63. The summed E-state index contributed by atoms with van der Waals surface area (Å²) in [5, 5.41) is 0. The normalized spacial score (nSPS) is 29.5. The molecule has 3 nitrogen and oxygen atoms in total. The maximum Gasteiger partial charge on any atom is 0.314 e. The molecule has 1 aliphatic heterocycles. The molecule has 0 radical (unpaired) electrons. The molecule has 2 rings (SSSR count). The van der Waals surface area contributed by atoms with Crippen LogP contribution in [0.15, 0.2) is 30.3 Å². The van der Waals surface area contributed by atoms with Crippen molar-refractivity contribution in [3.63, 3.8) is 0 Å².